The molecule has 3 aromatic rings. The lowest BCUT2D eigenvalue weighted by atomic mass is 10.2. The van der Waals surface area contributed by atoms with Gasteiger partial charge in [-0.05, 0) is 63.8 Å². The summed E-state index contributed by atoms with van der Waals surface area (Å²) in [5.74, 6) is 6.78. The van der Waals surface area contributed by atoms with Gasteiger partial charge in [-0.3, -0.25) is 9.88 Å². The van der Waals surface area contributed by atoms with E-state index in [-0.39, 0.29) is 12.1 Å². The highest BCUT2D eigenvalue weighted by Gasteiger charge is 2.36. The van der Waals surface area contributed by atoms with E-state index in [1.165, 1.54) is 0 Å². The van der Waals surface area contributed by atoms with Crippen molar-refractivity contribution < 1.29 is 14.1 Å². The topological polar surface area (TPSA) is 94.2 Å². The van der Waals surface area contributed by atoms with Crippen molar-refractivity contribution in [2.45, 2.75) is 45.3 Å². The average Bonchev–Trinajstić information content (AvgIpc) is 3.42. The zero-order valence-electron chi connectivity index (χ0n) is 17.7. The Labute approximate surface area is 180 Å². The summed E-state index contributed by atoms with van der Waals surface area (Å²) < 4.78 is 11.0. The van der Waals surface area contributed by atoms with Crippen molar-refractivity contribution in [3.8, 4) is 23.4 Å². The van der Waals surface area contributed by atoms with Gasteiger partial charge in [-0.15, -0.1) is 0 Å². The molecule has 0 radical (unpaired) electrons. The highest BCUT2D eigenvalue weighted by molar-refractivity contribution is 5.69. The zero-order chi connectivity index (χ0) is 21.8. The lowest BCUT2D eigenvalue weighted by molar-refractivity contribution is 0.0199. The molecule has 0 spiro atoms. The Morgan fingerprint density at radius 1 is 1.19 bits per heavy atom. The van der Waals surface area contributed by atoms with E-state index in [9.17, 15) is 4.79 Å². The number of hydrogen-bond acceptors (Lipinski definition) is 7. The van der Waals surface area contributed by atoms with Crippen LogP contribution in [0.1, 0.15) is 56.8 Å². The quantitative estimate of drug-likeness (QED) is 0.582. The fourth-order valence-corrected chi connectivity index (χ4v) is 3.21. The first-order valence-electron chi connectivity index (χ1n) is 10.1. The van der Waals surface area contributed by atoms with E-state index in [0.717, 1.165) is 18.4 Å². The molecule has 158 valence electrons. The summed E-state index contributed by atoms with van der Waals surface area (Å²) in [6.45, 7) is 6.13. The van der Waals surface area contributed by atoms with Crippen LogP contribution in [0.3, 0.4) is 0 Å². The molecule has 0 aliphatic carbocycles. The predicted molar refractivity (Wildman–Crippen MR) is 113 cm³/mol. The fraction of sp³-hybridized carbons (Fsp3) is 0.348. The Bertz CT molecular complexity index is 1110. The summed E-state index contributed by atoms with van der Waals surface area (Å²) in [7, 11) is 0. The van der Waals surface area contributed by atoms with E-state index < -0.39 is 5.60 Å². The van der Waals surface area contributed by atoms with Gasteiger partial charge in [-0.25, -0.2) is 9.78 Å². The third-order valence-electron chi connectivity index (χ3n) is 4.60. The number of nitrogens with zero attached hydrogens (tertiary/aromatic N) is 5. The third kappa shape index (κ3) is 5.07. The Morgan fingerprint density at radius 2 is 2.06 bits per heavy atom. The van der Waals surface area contributed by atoms with E-state index in [4.69, 9.17) is 9.26 Å². The van der Waals surface area contributed by atoms with Gasteiger partial charge < -0.3 is 9.26 Å². The van der Waals surface area contributed by atoms with Crippen LogP contribution in [-0.4, -0.2) is 43.2 Å². The molecule has 4 heterocycles. The van der Waals surface area contributed by atoms with Gasteiger partial charge in [0.1, 0.15) is 23.0 Å². The molecule has 4 rings (SSSR count). The molecule has 0 bridgehead atoms. The minimum atomic E-state index is -0.560. The van der Waals surface area contributed by atoms with E-state index in [1.807, 2.05) is 45.0 Å². The summed E-state index contributed by atoms with van der Waals surface area (Å²) in [5.41, 5.74) is 1.46. The first-order chi connectivity index (χ1) is 14.9. The second-order valence-electron chi connectivity index (χ2n) is 8.19. The molecule has 0 N–H and O–H groups in total. The molecule has 1 unspecified atom stereocenters. The van der Waals surface area contributed by atoms with Gasteiger partial charge in [0.25, 0.3) is 0 Å². The molecule has 8 heteroatoms. The summed E-state index contributed by atoms with van der Waals surface area (Å²) in [6.07, 6.45) is 4.58. The van der Waals surface area contributed by atoms with Crippen molar-refractivity contribution in [1.29, 1.82) is 0 Å². The number of hydrogen-bond donors (Lipinski definition) is 0. The van der Waals surface area contributed by atoms with Crippen molar-refractivity contribution in [2.75, 3.05) is 6.54 Å². The molecule has 1 amide bonds. The molecule has 1 aliphatic rings. The molecule has 0 saturated carbocycles. The molecule has 31 heavy (non-hydrogen) atoms. The van der Waals surface area contributed by atoms with Crippen molar-refractivity contribution >= 4 is 6.09 Å². The maximum atomic E-state index is 12.5. The van der Waals surface area contributed by atoms with Crippen LogP contribution in [0.15, 0.2) is 47.2 Å². The van der Waals surface area contributed by atoms with Gasteiger partial charge in [0.2, 0.25) is 11.7 Å². The lowest BCUT2D eigenvalue weighted by Gasteiger charge is -2.26. The maximum absolute atomic E-state index is 12.5. The van der Waals surface area contributed by atoms with E-state index in [1.54, 1.807) is 23.4 Å². The van der Waals surface area contributed by atoms with E-state index in [0.29, 0.717) is 29.6 Å². The van der Waals surface area contributed by atoms with Crippen LogP contribution in [0.25, 0.3) is 11.5 Å². The number of amides is 1. The Balaban J connectivity index is 1.47. The van der Waals surface area contributed by atoms with E-state index in [2.05, 4.69) is 31.9 Å². The van der Waals surface area contributed by atoms with Crippen LogP contribution >= 0.6 is 0 Å². The first kappa shape index (κ1) is 20.5. The van der Waals surface area contributed by atoms with Gasteiger partial charge in [-0.2, -0.15) is 4.98 Å². The van der Waals surface area contributed by atoms with Crippen LogP contribution < -0.4 is 0 Å². The van der Waals surface area contributed by atoms with Crippen LogP contribution in [0.4, 0.5) is 4.79 Å². The van der Waals surface area contributed by atoms with E-state index >= 15 is 0 Å². The highest BCUT2D eigenvalue weighted by Crippen LogP contribution is 2.33. The number of carbonyl (C=O) groups is 1. The number of ether oxygens (including phenoxy) is 1. The molecule has 3 aromatic heterocycles. The van der Waals surface area contributed by atoms with Crippen molar-refractivity contribution in [2.24, 2.45) is 0 Å². The van der Waals surface area contributed by atoms with Crippen LogP contribution in [0, 0.1) is 11.8 Å². The second-order valence-corrected chi connectivity index (χ2v) is 8.19. The molecule has 1 atom stereocenters. The van der Waals surface area contributed by atoms with Gasteiger partial charge in [0.15, 0.2) is 0 Å². The maximum Gasteiger partial charge on any atom is 0.410 e. The lowest BCUT2D eigenvalue weighted by Crippen LogP contribution is -2.36. The monoisotopic (exact) mass is 417 g/mol. The molecular weight excluding hydrogens is 394 g/mol. The largest absolute Gasteiger partial charge is 0.444 e. The minimum Gasteiger partial charge on any atom is -0.444 e. The number of carbonyl (C=O) groups excluding carboxylic acids is 1. The number of rotatable bonds is 2. The predicted octanol–water partition coefficient (Wildman–Crippen LogP) is 4.00. The Morgan fingerprint density at radius 3 is 2.77 bits per heavy atom. The second kappa shape index (κ2) is 8.56. The Kier molecular flexibility index (Phi) is 5.67. The standard InChI is InChI=1S/C23H23N5O3/c1-23(2,3)30-22(29)28-14-6-8-19(28)21-26-20(27-31-21)18-12-10-16(15-25-18)9-11-17-7-4-5-13-24-17/h4-5,7,10,12-13,15,19H,6,8,14H2,1-3H3. The normalized spacial score (nSPS) is 16.0. The smallest absolute Gasteiger partial charge is 0.410 e. The third-order valence-corrected chi connectivity index (χ3v) is 4.60. The zero-order valence-corrected chi connectivity index (χ0v) is 17.7. The molecule has 1 aliphatic heterocycles. The summed E-state index contributed by atoms with van der Waals surface area (Å²) in [6, 6.07) is 8.92. The molecular formula is C23H23N5O3. The summed E-state index contributed by atoms with van der Waals surface area (Å²) >= 11 is 0. The van der Waals surface area contributed by atoms with Gasteiger partial charge >= 0.3 is 6.09 Å². The first-order valence-corrected chi connectivity index (χ1v) is 10.1. The highest BCUT2D eigenvalue weighted by atomic mass is 16.6. The van der Waals surface area contributed by atoms with Crippen molar-refractivity contribution in [1.82, 2.24) is 25.0 Å². The molecule has 1 saturated heterocycles. The van der Waals surface area contributed by atoms with Crippen molar-refractivity contribution in [3.63, 3.8) is 0 Å². The van der Waals surface area contributed by atoms with Crippen molar-refractivity contribution in [3.05, 3.63) is 59.9 Å². The summed E-state index contributed by atoms with van der Waals surface area (Å²) in [5, 5.41) is 4.05. The molecule has 8 nitrogen and oxygen atoms in total. The fourth-order valence-electron chi connectivity index (χ4n) is 3.21. The molecule has 1 fully saturated rings. The van der Waals surface area contributed by atoms with Crippen LogP contribution in [0.2, 0.25) is 0 Å². The SMILES string of the molecule is CC(C)(C)OC(=O)N1CCCC1c1nc(-c2ccc(C#Cc3ccccn3)cn2)no1. The van der Waals surface area contributed by atoms with Gasteiger partial charge in [-0.1, -0.05) is 17.1 Å². The molecule has 0 aromatic carbocycles. The van der Waals surface area contributed by atoms with Gasteiger partial charge in [0, 0.05) is 24.5 Å². The number of aromatic nitrogens is 4. The van der Waals surface area contributed by atoms with Gasteiger partial charge in [0.05, 0.1) is 0 Å². The average molecular weight is 417 g/mol. The number of pyridine rings is 2. The van der Waals surface area contributed by atoms with Crippen LogP contribution in [-0.2, 0) is 4.74 Å². The number of likely N-dealkylation sites (tertiary alicyclic amines) is 1. The minimum absolute atomic E-state index is 0.292. The van der Waals surface area contributed by atoms with Crippen LogP contribution in [0.5, 0.6) is 0 Å². The summed E-state index contributed by atoms with van der Waals surface area (Å²) in [4.78, 5) is 27.2. The Hall–Kier alpha value is -3.73.